The van der Waals surface area contributed by atoms with E-state index in [-0.39, 0.29) is 0 Å². The van der Waals surface area contributed by atoms with Gasteiger partial charge in [0.2, 0.25) is 0 Å². The van der Waals surface area contributed by atoms with Crippen molar-refractivity contribution >= 4 is 27.7 Å². The first-order valence-electron chi connectivity index (χ1n) is 6.26. The fraction of sp³-hybridized carbons (Fsp3) is 0.267. The quantitative estimate of drug-likeness (QED) is 0.870. The van der Waals surface area contributed by atoms with Gasteiger partial charge < -0.3 is 5.32 Å². The second kappa shape index (κ2) is 7.08. The highest BCUT2D eigenvalue weighted by Gasteiger charge is 2.06. The number of pyridine rings is 1. The minimum atomic E-state index is 0.478. The van der Waals surface area contributed by atoms with Crippen molar-refractivity contribution in [1.29, 1.82) is 0 Å². The van der Waals surface area contributed by atoms with Crippen LogP contribution in [-0.4, -0.2) is 11.0 Å². The third-order valence-corrected chi connectivity index (χ3v) is 4.14. The van der Waals surface area contributed by atoms with Crippen LogP contribution in [0, 0.1) is 0 Å². The van der Waals surface area contributed by atoms with Gasteiger partial charge in [-0.1, -0.05) is 47.6 Å². The van der Waals surface area contributed by atoms with Crippen LogP contribution in [0.25, 0.3) is 0 Å². The molecule has 0 aliphatic rings. The maximum Gasteiger partial charge on any atom is 0.101 e. The molecule has 0 amide bonds. The van der Waals surface area contributed by atoms with Gasteiger partial charge in [-0.05, 0) is 35.9 Å². The topological polar surface area (TPSA) is 24.9 Å². The zero-order valence-corrected chi connectivity index (χ0v) is 13.5. The fourth-order valence-corrected chi connectivity index (χ4v) is 2.91. The molecule has 1 aromatic heterocycles. The summed E-state index contributed by atoms with van der Waals surface area (Å²) in [5, 5.41) is 4.48. The minimum absolute atomic E-state index is 0.478. The average Bonchev–Trinajstić information content (AvgIpc) is 2.40. The Hall–Kier alpha value is -0.840. The van der Waals surface area contributed by atoms with Gasteiger partial charge in [0.1, 0.15) is 5.03 Å². The number of nitrogens with one attached hydrogen (secondary N) is 1. The molecule has 2 aromatic rings. The fourth-order valence-electron chi connectivity index (χ4n) is 1.62. The van der Waals surface area contributed by atoms with E-state index in [1.807, 2.05) is 24.4 Å². The van der Waals surface area contributed by atoms with Gasteiger partial charge in [0.25, 0.3) is 0 Å². The molecule has 1 N–H and O–H groups in total. The van der Waals surface area contributed by atoms with E-state index in [1.54, 1.807) is 11.8 Å². The van der Waals surface area contributed by atoms with Crippen LogP contribution in [0.15, 0.2) is 57.0 Å². The molecule has 0 radical (unpaired) electrons. The zero-order chi connectivity index (χ0) is 13.7. The van der Waals surface area contributed by atoms with Crippen LogP contribution in [0.3, 0.4) is 0 Å². The van der Waals surface area contributed by atoms with Crippen LogP contribution < -0.4 is 5.32 Å². The highest BCUT2D eigenvalue weighted by atomic mass is 79.9. The number of hydrogen-bond donors (Lipinski definition) is 1. The molecule has 1 aromatic carbocycles. The lowest BCUT2D eigenvalue weighted by Gasteiger charge is -2.12. The van der Waals surface area contributed by atoms with E-state index in [9.17, 15) is 0 Å². The third kappa shape index (κ3) is 4.64. The molecular weight excluding hydrogens is 320 g/mol. The summed E-state index contributed by atoms with van der Waals surface area (Å²) in [6.07, 6.45) is 1.83. The van der Waals surface area contributed by atoms with E-state index in [4.69, 9.17) is 0 Å². The lowest BCUT2D eigenvalue weighted by Crippen LogP contribution is -2.22. The summed E-state index contributed by atoms with van der Waals surface area (Å²) < 4.78 is 1.11. The SMILES string of the molecule is CC(C)NCc1cc(Br)ccc1Sc1ccccn1. The van der Waals surface area contributed by atoms with Gasteiger partial charge >= 0.3 is 0 Å². The highest BCUT2D eigenvalue weighted by molar-refractivity contribution is 9.10. The van der Waals surface area contributed by atoms with Crippen molar-refractivity contribution in [2.24, 2.45) is 0 Å². The van der Waals surface area contributed by atoms with Gasteiger partial charge in [0.15, 0.2) is 0 Å². The van der Waals surface area contributed by atoms with Crippen molar-refractivity contribution in [1.82, 2.24) is 10.3 Å². The summed E-state index contributed by atoms with van der Waals surface area (Å²) in [5.74, 6) is 0. The van der Waals surface area contributed by atoms with Gasteiger partial charge in [0, 0.05) is 28.2 Å². The molecule has 100 valence electrons. The molecule has 19 heavy (non-hydrogen) atoms. The maximum atomic E-state index is 4.36. The monoisotopic (exact) mass is 336 g/mol. The molecular formula is C15H17BrN2S. The maximum absolute atomic E-state index is 4.36. The first kappa shape index (κ1) is 14.6. The van der Waals surface area contributed by atoms with Crippen molar-refractivity contribution in [3.8, 4) is 0 Å². The van der Waals surface area contributed by atoms with E-state index in [0.717, 1.165) is 16.0 Å². The molecule has 0 spiro atoms. The highest BCUT2D eigenvalue weighted by Crippen LogP contribution is 2.30. The number of rotatable bonds is 5. The van der Waals surface area contributed by atoms with Crippen LogP contribution in [-0.2, 0) is 6.54 Å². The van der Waals surface area contributed by atoms with Gasteiger partial charge in [-0.25, -0.2) is 4.98 Å². The van der Waals surface area contributed by atoms with Gasteiger partial charge in [0.05, 0.1) is 0 Å². The summed E-state index contributed by atoms with van der Waals surface area (Å²) in [5.41, 5.74) is 1.29. The average molecular weight is 337 g/mol. The summed E-state index contributed by atoms with van der Waals surface area (Å²) in [6.45, 7) is 5.18. The molecule has 4 heteroatoms. The van der Waals surface area contributed by atoms with E-state index in [2.05, 4.69) is 58.3 Å². The molecule has 2 nitrogen and oxygen atoms in total. The van der Waals surface area contributed by atoms with Crippen molar-refractivity contribution in [2.75, 3.05) is 0 Å². The van der Waals surface area contributed by atoms with Crippen LogP contribution >= 0.6 is 27.7 Å². The Balaban J connectivity index is 2.19. The van der Waals surface area contributed by atoms with E-state index < -0.39 is 0 Å². The summed E-state index contributed by atoms with van der Waals surface area (Å²) >= 11 is 5.24. The number of hydrogen-bond acceptors (Lipinski definition) is 3. The van der Waals surface area contributed by atoms with Crippen LogP contribution in [0.1, 0.15) is 19.4 Å². The first-order chi connectivity index (χ1) is 9.15. The molecule has 0 fully saturated rings. The van der Waals surface area contributed by atoms with Crippen LogP contribution in [0.4, 0.5) is 0 Å². The first-order valence-corrected chi connectivity index (χ1v) is 7.87. The van der Waals surface area contributed by atoms with Gasteiger partial charge in [-0.15, -0.1) is 0 Å². The lowest BCUT2D eigenvalue weighted by molar-refractivity contribution is 0.584. The van der Waals surface area contributed by atoms with E-state index in [1.165, 1.54) is 10.5 Å². The number of halogens is 1. The molecule has 0 saturated carbocycles. The second-order valence-corrected chi connectivity index (χ2v) is 6.54. The number of nitrogens with zero attached hydrogens (tertiary/aromatic N) is 1. The summed E-state index contributed by atoms with van der Waals surface area (Å²) in [4.78, 5) is 5.61. The number of benzene rings is 1. The van der Waals surface area contributed by atoms with Crippen LogP contribution in [0.5, 0.6) is 0 Å². The Morgan fingerprint density at radius 2 is 2.11 bits per heavy atom. The predicted octanol–water partition coefficient (Wildman–Crippen LogP) is 4.49. The molecule has 0 atom stereocenters. The number of aromatic nitrogens is 1. The smallest absolute Gasteiger partial charge is 0.101 e. The van der Waals surface area contributed by atoms with Crippen LogP contribution in [0.2, 0.25) is 0 Å². The molecule has 0 unspecified atom stereocenters. The Morgan fingerprint density at radius 1 is 1.26 bits per heavy atom. The van der Waals surface area contributed by atoms with Crippen molar-refractivity contribution in [3.05, 3.63) is 52.6 Å². The summed E-state index contributed by atoms with van der Waals surface area (Å²) in [6, 6.07) is 12.8. The Labute approximate surface area is 127 Å². The largest absolute Gasteiger partial charge is 0.310 e. The molecule has 0 aliphatic heterocycles. The normalized spacial score (nSPS) is 10.9. The van der Waals surface area contributed by atoms with Gasteiger partial charge in [-0.2, -0.15) is 0 Å². The third-order valence-electron chi connectivity index (χ3n) is 2.58. The molecule has 0 bridgehead atoms. The zero-order valence-electron chi connectivity index (χ0n) is 11.1. The predicted molar refractivity (Wildman–Crippen MR) is 84.5 cm³/mol. The Kier molecular flexibility index (Phi) is 5.43. The van der Waals surface area contributed by atoms with Crippen molar-refractivity contribution in [3.63, 3.8) is 0 Å². The molecule has 0 aliphatic carbocycles. The van der Waals surface area contributed by atoms with Crippen molar-refractivity contribution < 1.29 is 0 Å². The lowest BCUT2D eigenvalue weighted by atomic mass is 10.2. The van der Waals surface area contributed by atoms with Gasteiger partial charge in [-0.3, -0.25) is 0 Å². The molecule has 1 heterocycles. The molecule has 0 saturated heterocycles. The minimum Gasteiger partial charge on any atom is -0.310 e. The van der Waals surface area contributed by atoms with E-state index in [0.29, 0.717) is 6.04 Å². The molecule has 2 rings (SSSR count). The van der Waals surface area contributed by atoms with E-state index >= 15 is 0 Å². The Bertz CT molecular complexity index is 529. The second-order valence-electron chi connectivity index (χ2n) is 4.56. The Morgan fingerprint density at radius 3 is 2.79 bits per heavy atom. The summed E-state index contributed by atoms with van der Waals surface area (Å²) in [7, 11) is 0. The standard InChI is InChI=1S/C15H17BrN2S/c1-11(2)18-10-12-9-13(16)6-7-14(12)19-15-5-3-4-8-17-15/h3-9,11,18H,10H2,1-2H3. The van der Waals surface area contributed by atoms with Crippen molar-refractivity contribution in [2.45, 2.75) is 36.4 Å².